The molecule has 0 spiro atoms. The van der Waals surface area contributed by atoms with Crippen LogP contribution in [-0.2, 0) is 4.79 Å². The van der Waals surface area contributed by atoms with E-state index in [1.54, 1.807) is 6.21 Å². The van der Waals surface area contributed by atoms with Crippen LogP contribution in [0, 0.1) is 6.92 Å². The molecule has 0 bridgehead atoms. The van der Waals surface area contributed by atoms with Crippen molar-refractivity contribution in [3.05, 3.63) is 53.6 Å². The molecule has 0 N–H and O–H groups in total. The summed E-state index contributed by atoms with van der Waals surface area (Å²) in [5.74, 6) is 0.627. The van der Waals surface area contributed by atoms with Crippen LogP contribution >= 0.6 is 11.3 Å². The lowest BCUT2D eigenvalue weighted by molar-refractivity contribution is -0.116. The van der Waals surface area contributed by atoms with Gasteiger partial charge in [-0.3, -0.25) is 4.79 Å². The van der Waals surface area contributed by atoms with Gasteiger partial charge in [-0.05, 0) is 61.4 Å². The first-order valence-corrected chi connectivity index (χ1v) is 8.83. The van der Waals surface area contributed by atoms with Gasteiger partial charge >= 0.3 is 0 Å². The van der Waals surface area contributed by atoms with Crippen LogP contribution in [0.5, 0.6) is 5.75 Å². The molecule has 25 heavy (non-hydrogen) atoms. The van der Waals surface area contributed by atoms with E-state index in [1.165, 1.54) is 23.3 Å². The standard InChI is InChI=1S/C19H19N3O2S/c1-4-24-16-8-6-15(7-9-16)12-20-22(14(3)23)19-21-17-10-5-13(2)11-18(17)25-19/h5-12H,4H2,1-3H3/b20-12-. The summed E-state index contributed by atoms with van der Waals surface area (Å²) in [6.07, 6.45) is 1.65. The van der Waals surface area contributed by atoms with E-state index in [0.29, 0.717) is 11.7 Å². The minimum Gasteiger partial charge on any atom is -0.494 e. The van der Waals surface area contributed by atoms with Gasteiger partial charge in [0.15, 0.2) is 0 Å². The van der Waals surface area contributed by atoms with Crippen molar-refractivity contribution >= 4 is 38.8 Å². The third kappa shape index (κ3) is 4.03. The van der Waals surface area contributed by atoms with E-state index in [-0.39, 0.29) is 5.91 Å². The Bertz CT molecular complexity index is 916. The van der Waals surface area contributed by atoms with E-state index >= 15 is 0 Å². The van der Waals surface area contributed by atoms with E-state index in [9.17, 15) is 4.79 Å². The molecule has 0 atom stereocenters. The zero-order chi connectivity index (χ0) is 17.8. The van der Waals surface area contributed by atoms with Gasteiger partial charge in [-0.2, -0.15) is 10.1 Å². The van der Waals surface area contributed by atoms with Gasteiger partial charge in [-0.1, -0.05) is 17.4 Å². The molecule has 3 aromatic rings. The molecule has 2 aromatic carbocycles. The summed E-state index contributed by atoms with van der Waals surface area (Å²) in [7, 11) is 0. The SMILES string of the molecule is CCOc1ccc(/C=N\N(C(C)=O)c2nc3ccc(C)cc3s2)cc1. The van der Waals surface area contributed by atoms with Gasteiger partial charge in [0.1, 0.15) is 5.75 Å². The molecule has 1 aromatic heterocycles. The first-order chi connectivity index (χ1) is 12.1. The maximum absolute atomic E-state index is 12.0. The molecule has 128 valence electrons. The van der Waals surface area contributed by atoms with Crippen LogP contribution in [0.4, 0.5) is 5.13 Å². The first-order valence-electron chi connectivity index (χ1n) is 8.01. The second kappa shape index (κ2) is 7.44. The number of benzene rings is 2. The minimum absolute atomic E-state index is 0.182. The normalized spacial score (nSPS) is 11.2. The topological polar surface area (TPSA) is 54.8 Å². The molecule has 5 nitrogen and oxygen atoms in total. The number of aromatic nitrogens is 1. The van der Waals surface area contributed by atoms with Crippen molar-refractivity contribution in [2.24, 2.45) is 5.10 Å². The van der Waals surface area contributed by atoms with Gasteiger partial charge in [0.05, 0.1) is 23.0 Å². The summed E-state index contributed by atoms with van der Waals surface area (Å²) in [5.41, 5.74) is 2.91. The number of thiazole rings is 1. The summed E-state index contributed by atoms with van der Waals surface area (Å²) in [5, 5.41) is 6.22. The Balaban J connectivity index is 1.86. The maximum atomic E-state index is 12.0. The predicted molar refractivity (Wildman–Crippen MR) is 103 cm³/mol. The van der Waals surface area contributed by atoms with Crippen molar-refractivity contribution < 1.29 is 9.53 Å². The molecule has 0 unspecified atom stereocenters. The average molecular weight is 353 g/mol. The lowest BCUT2D eigenvalue weighted by atomic mass is 10.2. The molecule has 0 saturated heterocycles. The van der Waals surface area contributed by atoms with Crippen LogP contribution in [0.15, 0.2) is 47.6 Å². The third-order valence-corrected chi connectivity index (χ3v) is 4.52. The number of aryl methyl sites for hydroxylation is 1. The molecule has 6 heteroatoms. The fourth-order valence-electron chi connectivity index (χ4n) is 2.32. The number of rotatable bonds is 5. The fraction of sp³-hybridized carbons (Fsp3) is 0.211. The predicted octanol–water partition coefficient (Wildman–Crippen LogP) is 4.39. The highest BCUT2D eigenvalue weighted by Gasteiger charge is 2.15. The molecule has 0 saturated carbocycles. The van der Waals surface area contributed by atoms with Gasteiger partial charge < -0.3 is 4.74 Å². The van der Waals surface area contributed by atoms with Crippen molar-refractivity contribution in [1.82, 2.24) is 4.98 Å². The van der Waals surface area contributed by atoms with E-state index in [1.807, 2.05) is 50.2 Å². The number of nitrogens with zero attached hydrogens (tertiary/aromatic N) is 3. The Kier molecular flexibility index (Phi) is 5.09. The van der Waals surface area contributed by atoms with Crippen molar-refractivity contribution in [3.8, 4) is 5.75 Å². The van der Waals surface area contributed by atoms with Gasteiger partial charge in [0.25, 0.3) is 0 Å². The lowest BCUT2D eigenvalue weighted by Gasteiger charge is -2.10. The molecule has 0 radical (unpaired) electrons. The Hall–Kier alpha value is -2.73. The quantitative estimate of drug-likeness (QED) is 0.505. The molecule has 1 heterocycles. The Morgan fingerprint density at radius 2 is 2.04 bits per heavy atom. The summed E-state index contributed by atoms with van der Waals surface area (Å²) in [4.78, 5) is 16.5. The molecule has 0 fully saturated rings. The van der Waals surface area contributed by atoms with Crippen LogP contribution in [0.1, 0.15) is 25.0 Å². The summed E-state index contributed by atoms with van der Waals surface area (Å²) in [6, 6.07) is 13.6. The second-order valence-electron chi connectivity index (χ2n) is 5.55. The second-order valence-corrected chi connectivity index (χ2v) is 6.55. The van der Waals surface area contributed by atoms with E-state index in [0.717, 1.165) is 27.1 Å². The summed E-state index contributed by atoms with van der Waals surface area (Å²) in [6.45, 7) is 6.08. The molecule has 0 aliphatic carbocycles. The third-order valence-electron chi connectivity index (χ3n) is 3.53. The number of hydrogen-bond donors (Lipinski definition) is 0. The highest BCUT2D eigenvalue weighted by molar-refractivity contribution is 7.22. The number of fused-ring (bicyclic) bond motifs is 1. The highest BCUT2D eigenvalue weighted by Crippen LogP contribution is 2.29. The number of carbonyl (C=O) groups excluding carboxylic acids is 1. The van der Waals surface area contributed by atoms with Crippen LogP contribution in [0.3, 0.4) is 0 Å². The first kappa shape index (κ1) is 17.1. The van der Waals surface area contributed by atoms with Crippen molar-refractivity contribution in [1.29, 1.82) is 0 Å². The molecule has 0 aliphatic rings. The molecular weight excluding hydrogens is 334 g/mol. The zero-order valence-electron chi connectivity index (χ0n) is 14.4. The van der Waals surface area contributed by atoms with Crippen molar-refractivity contribution in [2.75, 3.05) is 11.6 Å². The maximum Gasteiger partial charge on any atom is 0.246 e. The number of anilines is 1. The summed E-state index contributed by atoms with van der Waals surface area (Å²) < 4.78 is 6.46. The Morgan fingerprint density at radius 1 is 1.28 bits per heavy atom. The molecule has 0 aliphatic heterocycles. The fourth-order valence-corrected chi connectivity index (χ4v) is 3.38. The molecule has 1 amide bonds. The van der Waals surface area contributed by atoms with E-state index in [2.05, 4.69) is 16.2 Å². The minimum atomic E-state index is -0.182. The van der Waals surface area contributed by atoms with E-state index < -0.39 is 0 Å². The zero-order valence-corrected chi connectivity index (χ0v) is 15.2. The largest absolute Gasteiger partial charge is 0.494 e. The lowest BCUT2D eigenvalue weighted by Crippen LogP contribution is -2.22. The van der Waals surface area contributed by atoms with Crippen LogP contribution < -0.4 is 9.75 Å². The van der Waals surface area contributed by atoms with Crippen LogP contribution in [0.25, 0.3) is 10.2 Å². The smallest absolute Gasteiger partial charge is 0.246 e. The molecular formula is C19H19N3O2S. The number of hydrazone groups is 1. The number of carbonyl (C=O) groups is 1. The summed E-state index contributed by atoms with van der Waals surface area (Å²) >= 11 is 1.45. The van der Waals surface area contributed by atoms with Gasteiger partial charge in [-0.25, -0.2) is 4.98 Å². The van der Waals surface area contributed by atoms with Crippen molar-refractivity contribution in [2.45, 2.75) is 20.8 Å². The number of hydrogen-bond acceptors (Lipinski definition) is 5. The highest BCUT2D eigenvalue weighted by atomic mass is 32.1. The monoisotopic (exact) mass is 353 g/mol. The van der Waals surface area contributed by atoms with Gasteiger partial charge in [-0.15, -0.1) is 0 Å². The van der Waals surface area contributed by atoms with E-state index in [4.69, 9.17) is 4.74 Å². The Morgan fingerprint density at radius 3 is 2.72 bits per heavy atom. The van der Waals surface area contributed by atoms with Gasteiger partial charge in [0, 0.05) is 6.92 Å². The van der Waals surface area contributed by atoms with Crippen molar-refractivity contribution in [3.63, 3.8) is 0 Å². The number of ether oxygens (including phenoxy) is 1. The average Bonchev–Trinajstić information content (AvgIpc) is 2.99. The molecule has 3 rings (SSSR count). The van der Waals surface area contributed by atoms with Crippen LogP contribution in [-0.4, -0.2) is 23.7 Å². The van der Waals surface area contributed by atoms with Crippen LogP contribution in [0.2, 0.25) is 0 Å². The Labute approximate surface area is 150 Å². The number of amides is 1. The van der Waals surface area contributed by atoms with Gasteiger partial charge in [0.2, 0.25) is 11.0 Å².